The molecule has 10 heteroatoms. The Labute approximate surface area is 127 Å². The van der Waals surface area contributed by atoms with Crippen molar-refractivity contribution in [2.75, 3.05) is 6.61 Å². The van der Waals surface area contributed by atoms with Crippen LogP contribution in [-0.2, 0) is 10.4 Å². The van der Waals surface area contributed by atoms with Crippen LogP contribution in [0.15, 0.2) is 12.3 Å². The van der Waals surface area contributed by atoms with Gasteiger partial charge in [0.25, 0.3) is 0 Å². The summed E-state index contributed by atoms with van der Waals surface area (Å²) >= 11 is 5.92. The molecule has 2 heterocycles. The zero-order chi connectivity index (χ0) is 16.2. The molecule has 2 aromatic rings. The van der Waals surface area contributed by atoms with E-state index in [-0.39, 0.29) is 0 Å². The first-order valence-electron chi connectivity index (χ1n) is 6.00. The molecule has 0 unspecified atom stereocenters. The summed E-state index contributed by atoms with van der Waals surface area (Å²) in [5.74, 6) is 1.24. The minimum Gasteiger partial charge on any atom is -0.465 e. The summed E-state index contributed by atoms with van der Waals surface area (Å²) in [4.78, 5) is 8.54. The number of nitrogens with zero attached hydrogens (tertiary/aromatic N) is 3. The Bertz CT molecular complexity index is 706. The first kappa shape index (κ1) is 17.6. The smallest absolute Gasteiger partial charge is 0.394 e. The third kappa shape index (κ3) is 5.46. The minimum absolute atomic E-state index is 0.310. The van der Waals surface area contributed by atoms with Gasteiger partial charge in [-0.25, -0.2) is 9.38 Å². The van der Waals surface area contributed by atoms with Gasteiger partial charge in [-0.1, -0.05) is 25.4 Å². The van der Waals surface area contributed by atoms with Crippen LogP contribution in [0.3, 0.4) is 0 Å². The third-order valence-electron chi connectivity index (χ3n) is 2.27. The number of ether oxygens (including phenoxy) is 1. The highest BCUT2D eigenvalue weighted by Crippen LogP contribution is 2.23. The third-order valence-corrected chi connectivity index (χ3v) is 2.46. The van der Waals surface area contributed by atoms with Crippen LogP contribution in [0.1, 0.15) is 32.5 Å². The summed E-state index contributed by atoms with van der Waals surface area (Å²) in [6, 6.07) is 2.29. The van der Waals surface area contributed by atoms with E-state index >= 15 is 0 Å². The van der Waals surface area contributed by atoms with Crippen LogP contribution in [0.2, 0.25) is 5.15 Å². The lowest BCUT2D eigenvalue weighted by atomic mass is 10.2. The number of fused-ring (bicyclic) bond motifs is 1. The molecule has 8 nitrogen and oxygen atoms in total. The summed E-state index contributed by atoms with van der Waals surface area (Å²) in [7, 11) is -4.67. The Morgan fingerprint density at radius 1 is 1.43 bits per heavy atom. The molecule has 118 valence electrons. The molecule has 0 saturated heterocycles. The van der Waals surface area contributed by atoms with Crippen molar-refractivity contribution in [3.8, 4) is 6.01 Å². The van der Waals surface area contributed by atoms with Gasteiger partial charge in [-0.2, -0.15) is 13.4 Å². The van der Waals surface area contributed by atoms with E-state index in [4.69, 9.17) is 33.9 Å². The monoisotopic (exact) mass is 337 g/mol. The lowest BCUT2D eigenvalue weighted by Crippen LogP contribution is -2.05. The maximum Gasteiger partial charge on any atom is 0.394 e. The van der Waals surface area contributed by atoms with E-state index < -0.39 is 10.4 Å². The van der Waals surface area contributed by atoms with Crippen molar-refractivity contribution < 1.29 is 22.3 Å². The van der Waals surface area contributed by atoms with Gasteiger partial charge in [0, 0.05) is 12.0 Å². The van der Waals surface area contributed by atoms with E-state index in [1.54, 1.807) is 12.3 Å². The number of rotatable bonds is 3. The number of hydrogen-bond acceptors (Lipinski definition) is 5. The number of halogens is 1. The van der Waals surface area contributed by atoms with Crippen molar-refractivity contribution in [3.63, 3.8) is 0 Å². The topological polar surface area (TPSA) is 114 Å². The predicted molar refractivity (Wildman–Crippen MR) is 77.4 cm³/mol. The Kier molecular flexibility index (Phi) is 5.90. The van der Waals surface area contributed by atoms with Gasteiger partial charge in [-0.3, -0.25) is 9.11 Å². The van der Waals surface area contributed by atoms with E-state index in [0.29, 0.717) is 23.7 Å². The maximum atomic E-state index is 8.74. The second-order valence-electron chi connectivity index (χ2n) is 4.27. The Morgan fingerprint density at radius 2 is 2.00 bits per heavy atom. The van der Waals surface area contributed by atoms with E-state index in [1.807, 2.05) is 11.3 Å². The summed E-state index contributed by atoms with van der Waals surface area (Å²) in [5.41, 5.74) is 0.909. The Hall–Kier alpha value is -1.42. The lowest BCUT2D eigenvalue weighted by Gasteiger charge is -2.09. The van der Waals surface area contributed by atoms with E-state index in [2.05, 4.69) is 23.8 Å². The van der Waals surface area contributed by atoms with Crippen molar-refractivity contribution in [2.24, 2.45) is 0 Å². The number of imidazole rings is 1. The van der Waals surface area contributed by atoms with Gasteiger partial charge in [-0.15, -0.1) is 0 Å². The molecule has 0 spiro atoms. The fourth-order valence-corrected chi connectivity index (χ4v) is 1.80. The summed E-state index contributed by atoms with van der Waals surface area (Å²) < 4.78 is 39.0. The second kappa shape index (κ2) is 7.03. The summed E-state index contributed by atoms with van der Waals surface area (Å²) in [6.07, 6.45) is 1.78. The molecule has 0 aliphatic carbocycles. The van der Waals surface area contributed by atoms with Crippen LogP contribution in [-0.4, -0.2) is 38.5 Å². The van der Waals surface area contributed by atoms with Crippen LogP contribution >= 0.6 is 11.6 Å². The molecule has 0 bridgehead atoms. The molecule has 0 saturated carbocycles. The Balaban J connectivity index is 0.000000383. The molecule has 2 aromatic heterocycles. The molecule has 21 heavy (non-hydrogen) atoms. The minimum atomic E-state index is -4.67. The highest BCUT2D eigenvalue weighted by molar-refractivity contribution is 7.79. The molecule has 0 amide bonds. The number of hydrogen-bond donors (Lipinski definition) is 2. The molecule has 0 aliphatic rings. The highest BCUT2D eigenvalue weighted by Gasteiger charge is 2.13. The van der Waals surface area contributed by atoms with Crippen LogP contribution in [0.5, 0.6) is 6.01 Å². The van der Waals surface area contributed by atoms with Crippen LogP contribution < -0.4 is 4.74 Å². The van der Waals surface area contributed by atoms with Gasteiger partial charge in [0.2, 0.25) is 0 Å². The van der Waals surface area contributed by atoms with Gasteiger partial charge in [0.05, 0.1) is 18.3 Å². The molecule has 0 aromatic carbocycles. The van der Waals surface area contributed by atoms with E-state index in [9.17, 15) is 0 Å². The zero-order valence-corrected chi connectivity index (χ0v) is 13.3. The van der Waals surface area contributed by atoms with Crippen molar-refractivity contribution >= 4 is 27.5 Å². The second-order valence-corrected chi connectivity index (χ2v) is 5.56. The lowest BCUT2D eigenvalue weighted by molar-refractivity contribution is 0.306. The SMILES string of the molecule is CCOc1nc(Cl)cc2cnc(C(C)C)n12.O=S(=O)(O)O. The van der Waals surface area contributed by atoms with E-state index in [0.717, 1.165) is 11.3 Å². The van der Waals surface area contributed by atoms with Gasteiger partial charge in [0.15, 0.2) is 0 Å². The maximum absolute atomic E-state index is 8.74. The van der Waals surface area contributed by atoms with Crippen molar-refractivity contribution in [2.45, 2.75) is 26.7 Å². The molecule has 0 atom stereocenters. The van der Waals surface area contributed by atoms with Crippen molar-refractivity contribution in [1.29, 1.82) is 0 Å². The fraction of sp³-hybridized carbons (Fsp3) is 0.455. The molecule has 0 aliphatic heterocycles. The van der Waals surface area contributed by atoms with Gasteiger partial charge in [-0.05, 0) is 6.92 Å². The molecule has 0 radical (unpaired) electrons. The average molecular weight is 338 g/mol. The van der Waals surface area contributed by atoms with Crippen LogP contribution in [0, 0.1) is 0 Å². The molecule has 2 N–H and O–H groups in total. The van der Waals surface area contributed by atoms with Crippen molar-refractivity contribution in [1.82, 2.24) is 14.4 Å². The summed E-state index contributed by atoms with van der Waals surface area (Å²) in [5, 5.41) is 0.422. The molecular formula is C11H16ClN3O5S. The highest BCUT2D eigenvalue weighted by atomic mass is 35.5. The quantitative estimate of drug-likeness (QED) is 0.652. The van der Waals surface area contributed by atoms with Crippen LogP contribution in [0.25, 0.3) is 5.52 Å². The largest absolute Gasteiger partial charge is 0.465 e. The van der Waals surface area contributed by atoms with Crippen LogP contribution in [0.4, 0.5) is 0 Å². The predicted octanol–water partition coefficient (Wildman–Crippen LogP) is 2.25. The molecule has 2 rings (SSSR count). The van der Waals surface area contributed by atoms with Gasteiger partial charge >= 0.3 is 16.4 Å². The fourth-order valence-electron chi connectivity index (χ4n) is 1.62. The average Bonchev–Trinajstić information content (AvgIpc) is 2.70. The van der Waals surface area contributed by atoms with Gasteiger partial charge in [0.1, 0.15) is 11.0 Å². The van der Waals surface area contributed by atoms with Gasteiger partial charge < -0.3 is 4.74 Å². The normalized spacial score (nSPS) is 11.4. The molecule has 0 fully saturated rings. The van der Waals surface area contributed by atoms with Crippen molar-refractivity contribution in [3.05, 3.63) is 23.2 Å². The summed E-state index contributed by atoms with van der Waals surface area (Å²) in [6.45, 7) is 6.64. The Morgan fingerprint density at radius 3 is 2.48 bits per heavy atom. The standard InChI is InChI=1S/C11H14ClN3O.H2O4S/c1-4-16-11-14-9(12)5-8-6-13-10(7(2)3)15(8)11;1-5(2,3)4/h5-7H,4H2,1-3H3;(H2,1,2,3,4). The first-order chi connectivity index (χ1) is 9.63. The number of aromatic nitrogens is 3. The zero-order valence-electron chi connectivity index (χ0n) is 11.7. The van der Waals surface area contributed by atoms with E-state index in [1.165, 1.54) is 0 Å². The first-order valence-corrected chi connectivity index (χ1v) is 7.77. The molecular weight excluding hydrogens is 322 g/mol.